The number of ketones is 1. The Bertz CT molecular complexity index is 909. The Morgan fingerprint density at radius 2 is 2.07 bits per heavy atom. The van der Waals surface area contributed by atoms with Crippen LogP contribution in [0.2, 0.25) is 0 Å². The molecule has 1 fully saturated rings. The summed E-state index contributed by atoms with van der Waals surface area (Å²) in [7, 11) is 0. The van der Waals surface area contributed by atoms with Crippen LogP contribution in [0.3, 0.4) is 0 Å². The van der Waals surface area contributed by atoms with Crippen LogP contribution in [-0.4, -0.2) is 47.0 Å². The monoisotopic (exact) mass is 409 g/mol. The number of benzene rings is 1. The number of fused-ring (bicyclic) bond motifs is 1. The van der Waals surface area contributed by atoms with Gasteiger partial charge in [0.05, 0.1) is 12.0 Å². The van der Waals surface area contributed by atoms with E-state index in [4.69, 9.17) is 15.7 Å². The summed E-state index contributed by atoms with van der Waals surface area (Å²) in [5.41, 5.74) is 8.62. The highest BCUT2D eigenvalue weighted by Crippen LogP contribution is 2.39. The van der Waals surface area contributed by atoms with E-state index < -0.39 is 11.5 Å². The Kier molecular flexibility index (Phi) is 6.87. The van der Waals surface area contributed by atoms with Crippen LogP contribution < -0.4 is 16.0 Å². The van der Waals surface area contributed by atoms with Gasteiger partial charge in [-0.15, -0.1) is 0 Å². The second-order valence-corrected chi connectivity index (χ2v) is 7.63. The lowest BCUT2D eigenvalue weighted by molar-refractivity contribution is -0.124. The number of Topliss-reactive ketones (excluding diaryl/α,β-unsaturated/α-hetero) is 1. The molecule has 2 aliphatic heterocycles. The number of carbonyl (C=O) groups is 2. The van der Waals surface area contributed by atoms with E-state index in [0.717, 1.165) is 38.0 Å². The van der Waals surface area contributed by atoms with Gasteiger partial charge in [-0.05, 0) is 41.6 Å². The molecule has 158 valence electrons. The smallest absolute Gasteiger partial charge is 0.267 e. The summed E-state index contributed by atoms with van der Waals surface area (Å²) < 4.78 is 6.32. The van der Waals surface area contributed by atoms with Crippen molar-refractivity contribution in [2.24, 2.45) is 5.73 Å². The molecular weight excluding hydrogens is 382 g/mol. The molecule has 2 heterocycles. The number of rotatable bonds is 6. The van der Waals surface area contributed by atoms with Crippen LogP contribution >= 0.6 is 0 Å². The number of hydrogen-bond donors (Lipinski definition) is 3. The van der Waals surface area contributed by atoms with Crippen molar-refractivity contribution in [2.45, 2.75) is 24.9 Å². The predicted octanol–water partition coefficient (Wildman–Crippen LogP) is 2.59. The van der Waals surface area contributed by atoms with Crippen LogP contribution in [0, 0.1) is 0 Å². The minimum atomic E-state index is -0.630. The maximum Gasteiger partial charge on any atom is 0.267 e. The Morgan fingerprint density at radius 3 is 2.77 bits per heavy atom. The Labute approximate surface area is 176 Å². The fraction of sp³-hybridized carbons (Fsp3) is 0.304. The van der Waals surface area contributed by atoms with Gasteiger partial charge >= 0.3 is 0 Å². The molecule has 1 aromatic carbocycles. The second-order valence-electron chi connectivity index (χ2n) is 7.63. The van der Waals surface area contributed by atoms with Crippen LogP contribution in [0.1, 0.15) is 35.2 Å². The van der Waals surface area contributed by atoms with Gasteiger partial charge in [0.15, 0.2) is 5.78 Å². The van der Waals surface area contributed by atoms with Crippen molar-refractivity contribution in [3.63, 3.8) is 0 Å². The number of nitrogens with zero attached hydrogens (tertiary/aromatic N) is 1. The van der Waals surface area contributed by atoms with E-state index in [0.29, 0.717) is 23.3 Å². The van der Waals surface area contributed by atoms with Gasteiger partial charge in [0, 0.05) is 38.6 Å². The number of ether oxygens (including phenoxy) is 1. The number of piperidine rings is 1. The van der Waals surface area contributed by atoms with Crippen molar-refractivity contribution in [3.8, 4) is 5.75 Å². The SMILES string of the molecule is C=C(/C=C\C=C/N)CN1CCC2(CC1)CC(=O)c1cc(/C=C/C(=O)NO)ccc1O2. The van der Waals surface area contributed by atoms with Crippen LogP contribution in [0.15, 0.2) is 60.9 Å². The Hall–Kier alpha value is -3.16. The summed E-state index contributed by atoms with van der Waals surface area (Å²) in [6.07, 6.45) is 11.7. The van der Waals surface area contributed by atoms with Crippen LogP contribution in [0.25, 0.3) is 6.08 Å². The molecule has 0 bridgehead atoms. The molecule has 7 nitrogen and oxygen atoms in total. The maximum absolute atomic E-state index is 12.8. The van der Waals surface area contributed by atoms with Gasteiger partial charge in [-0.1, -0.05) is 24.8 Å². The first-order chi connectivity index (χ1) is 14.4. The largest absolute Gasteiger partial charge is 0.486 e. The summed E-state index contributed by atoms with van der Waals surface area (Å²) in [5.74, 6) is 0.00637. The molecule has 30 heavy (non-hydrogen) atoms. The maximum atomic E-state index is 12.8. The summed E-state index contributed by atoms with van der Waals surface area (Å²) >= 11 is 0. The van der Waals surface area contributed by atoms with Crippen molar-refractivity contribution in [1.29, 1.82) is 0 Å². The van der Waals surface area contributed by atoms with Crippen LogP contribution in [0.4, 0.5) is 0 Å². The second kappa shape index (κ2) is 9.56. The molecule has 0 saturated carbocycles. The van der Waals surface area contributed by atoms with E-state index in [1.807, 2.05) is 12.2 Å². The number of hydroxylamine groups is 1. The first kappa shape index (κ1) is 21.5. The Balaban J connectivity index is 1.63. The number of nitrogens with two attached hydrogens (primary N) is 1. The Morgan fingerprint density at radius 1 is 1.30 bits per heavy atom. The van der Waals surface area contributed by atoms with Gasteiger partial charge < -0.3 is 10.5 Å². The average molecular weight is 409 g/mol. The molecule has 2 aliphatic rings. The van der Waals surface area contributed by atoms with Crippen molar-refractivity contribution in [1.82, 2.24) is 10.4 Å². The molecule has 0 aromatic heterocycles. The molecule has 0 radical (unpaired) electrons. The number of allylic oxidation sites excluding steroid dienone is 2. The van der Waals surface area contributed by atoms with E-state index in [1.54, 1.807) is 24.3 Å². The third-order valence-electron chi connectivity index (χ3n) is 5.40. The number of carbonyl (C=O) groups excluding carboxylic acids is 2. The molecule has 0 aliphatic carbocycles. The van der Waals surface area contributed by atoms with Gasteiger partial charge in [0.2, 0.25) is 0 Å². The van der Waals surface area contributed by atoms with Crippen molar-refractivity contribution in [3.05, 3.63) is 72.0 Å². The highest BCUT2D eigenvalue weighted by atomic mass is 16.5. The lowest BCUT2D eigenvalue weighted by Crippen LogP contribution is -2.51. The molecule has 4 N–H and O–H groups in total. The quantitative estimate of drug-likeness (QED) is 0.289. The fourth-order valence-electron chi connectivity index (χ4n) is 3.82. The van der Waals surface area contributed by atoms with Crippen molar-refractivity contribution < 1.29 is 19.5 Å². The van der Waals surface area contributed by atoms with Gasteiger partial charge in [-0.3, -0.25) is 19.7 Å². The number of hydrogen-bond acceptors (Lipinski definition) is 6. The number of amides is 1. The predicted molar refractivity (Wildman–Crippen MR) is 115 cm³/mol. The molecular formula is C23H27N3O4. The molecule has 1 saturated heterocycles. The highest BCUT2D eigenvalue weighted by Gasteiger charge is 2.42. The molecule has 0 atom stereocenters. The lowest BCUT2D eigenvalue weighted by Gasteiger charge is -2.44. The van der Waals surface area contributed by atoms with E-state index in [2.05, 4.69) is 11.5 Å². The third-order valence-corrected chi connectivity index (χ3v) is 5.40. The zero-order valence-electron chi connectivity index (χ0n) is 16.8. The van der Waals surface area contributed by atoms with Gasteiger partial charge in [0.25, 0.3) is 5.91 Å². The highest BCUT2D eigenvalue weighted by molar-refractivity contribution is 6.01. The minimum Gasteiger partial charge on any atom is -0.486 e. The molecule has 1 aromatic rings. The summed E-state index contributed by atoms with van der Waals surface area (Å²) in [5, 5.41) is 8.56. The lowest BCUT2D eigenvalue weighted by atomic mass is 9.82. The van der Waals surface area contributed by atoms with E-state index in [1.165, 1.54) is 23.8 Å². The van der Waals surface area contributed by atoms with Gasteiger partial charge in [-0.25, -0.2) is 5.48 Å². The van der Waals surface area contributed by atoms with Crippen LogP contribution in [-0.2, 0) is 4.79 Å². The summed E-state index contributed by atoms with van der Waals surface area (Å²) in [6, 6.07) is 5.27. The van der Waals surface area contributed by atoms with E-state index in [9.17, 15) is 9.59 Å². The normalized spacial score (nSPS) is 18.8. The topological polar surface area (TPSA) is 105 Å². The fourth-order valence-corrected chi connectivity index (χ4v) is 3.82. The molecule has 1 spiro atoms. The summed E-state index contributed by atoms with van der Waals surface area (Å²) in [4.78, 5) is 26.3. The summed E-state index contributed by atoms with van der Waals surface area (Å²) in [6.45, 7) is 6.51. The van der Waals surface area contributed by atoms with Gasteiger partial charge in [-0.2, -0.15) is 0 Å². The number of likely N-dealkylation sites (tertiary alicyclic amines) is 1. The van der Waals surface area contributed by atoms with E-state index in [-0.39, 0.29) is 5.78 Å². The van der Waals surface area contributed by atoms with Gasteiger partial charge in [0.1, 0.15) is 11.4 Å². The minimum absolute atomic E-state index is 0.0486. The van der Waals surface area contributed by atoms with Crippen molar-refractivity contribution >= 4 is 17.8 Å². The standard InChI is InChI=1S/C23H27N3O4/c1-17(4-2-3-11-24)16-26-12-9-23(10-13-26)15-20(27)19-14-18(5-7-21(19)30-23)6-8-22(28)25-29/h2-8,11,14,29H,1,9-10,12-13,15-16,24H2,(H,25,28)/b4-2-,8-6+,11-3-. The average Bonchev–Trinajstić information content (AvgIpc) is 2.74. The number of nitrogens with one attached hydrogen (secondary N) is 1. The zero-order valence-corrected chi connectivity index (χ0v) is 16.8. The van der Waals surface area contributed by atoms with Crippen molar-refractivity contribution in [2.75, 3.05) is 19.6 Å². The molecule has 1 amide bonds. The third kappa shape index (κ3) is 5.25. The first-order valence-electron chi connectivity index (χ1n) is 9.88. The zero-order chi connectivity index (χ0) is 21.6. The van der Waals surface area contributed by atoms with Crippen LogP contribution in [0.5, 0.6) is 5.75 Å². The molecule has 0 unspecified atom stereocenters. The molecule has 3 rings (SSSR count). The molecule has 7 heteroatoms. The first-order valence-corrected chi connectivity index (χ1v) is 9.88. The van der Waals surface area contributed by atoms with E-state index >= 15 is 0 Å².